The molecule has 0 radical (unpaired) electrons. The van der Waals surface area contributed by atoms with Gasteiger partial charge in [-0.3, -0.25) is 14.5 Å². The lowest BCUT2D eigenvalue weighted by molar-refractivity contribution is -0.0291. The van der Waals surface area contributed by atoms with E-state index in [0.29, 0.717) is 170 Å². The molecule has 1 heterocycles. The van der Waals surface area contributed by atoms with E-state index in [-0.39, 0.29) is 25.0 Å². The van der Waals surface area contributed by atoms with Crippen molar-refractivity contribution in [3.05, 3.63) is 35.4 Å². The predicted octanol–water partition coefficient (Wildman–Crippen LogP) is 2.30. The number of fused-ring (bicyclic) bond motifs is 1. The number of ether oxygens (including phenoxy) is 13. The highest BCUT2D eigenvalue weighted by atomic mass is 16.6. The van der Waals surface area contributed by atoms with Crippen LogP contribution in [0.2, 0.25) is 0 Å². The summed E-state index contributed by atoms with van der Waals surface area (Å²) in [7, 11) is 0. The molecule has 0 fully saturated rings. The summed E-state index contributed by atoms with van der Waals surface area (Å²) < 4.78 is 71.2. The third-order valence-corrected chi connectivity index (χ3v) is 7.44. The van der Waals surface area contributed by atoms with E-state index in [0.717, 1.165) is 19.4 Å². The molecular weight excluding hydrogens is 710 g/mol. The van der Waals surface area contributed by atoms with E-state index < -0.39 is 0 Å². The maximum absolute atomic E-state index is 12.3. The Hall–Kier alpha value is -2.16. The number of unbranched alkanes of at least 4 members (excludes halogenated alkanes) is 1. The fourth-order valence-corrected chi connectivity index (χ4v) is 4.59. The molecule has 2 rings (SSSR count). The van der Waals surface area contributed by atoms with Gasteiger partial charge in [0.05, 0.1) is 183 Å². The minimum Gasteiger partial charge on any atom is -0.379 e. The Bertz CT molecular complexity index is 986. The number of carbonyl (C=O) groups excluding carboxylic acids is 2. The molecule has 0 aliphatic carbocycles. The molecule has 16 nitrogen and oxygen atoms in total. The largest absolute Gasteiger partial charge is 0.379 e. The first-order valence-corrected chi connectivity index (χ1v) is 19.2. The predicted molar refractivity (Wildman–Crippen MR) is 197 cm³/mol. The standard InChI is InChI=1S/C38H65NO15/c1-2-3-9-42-11-13-44-15-17-46-19-21-48-23-25-50-27-29-52-31-33-54-34-32-53-30-28-51-26-24-49-22-20-47-18-16-45-14-12-43-10-8-39-37(40)35-6-4-5-7-36(35)38(39)41/h4-7H,2-3,8-34H2,1H3. The molecule has 312 valence electrons. The van der Waals surface area contributed by atoms with Crippen molar-refractivity contribution in [2.24, 2.45) is 0 Å². The van der Waals surface area contributed by atoms with Crippen LogP contribution in [0.15, 0.2) is 24.3 Å². The van der Waals surface area contributed by atoms with E-state index >= 15 is 0 Å². The smallest absolute Gasteiger partial charge is 0.261 e. The molecule has 2 amide bonds. The minimum absolute atomic E-state index is 0.212. The highest BCUT2D eigenvalue weighted by Crippen LogP contribution is 2.21. The number of benzene rings is 1. The first-order chi connectivity index (χ1) is 26.8. The second-order valence-corrected chi connectivity index (χ2v) is 11.6. The van der Waals surface area contributed by atoms with Crippen molar-refractivity contribution in [1.29, 1.82) is 0 Å². The number of imide groups is 1. The van der Waals surface area contributed by atoms with Gasteiger partial charge >= 0.3 is 0 Å². The van der Waals surface area contributed by atoms with Crippen LogP contribution in [0.1, 0.15) is 40.5 Å². The average Bonchev–Trinajstić information content (AvgIpc) is 3.43. The second kappa shape index (κ2) is 36.5. The molecule has 0 saturated heterocycles. The molecule has 54 heavy (non-hydrogen) atoms. The lowest BCUT2D eigenvalue weighted by atomic mass is 10.1. The molecule has 1 aromatic carbocycles. The molecule has 0 bridgehead atoms. The van der Waals surface area contributed by atoms with Crippen molar-refractivity contribution >= 4 is 11.8 Å². The van der Waals surface area contributed by atoms with Crippen LogP contribution in [-0.2, 0) is 61.6 Å². The summed E-state index contributed by atoms with van der Waals surface area (Å²) in [6.07, 6.45) is 2.23. The van der Waals surface area contributed by atoms with E-state index in [4.69, 9.17) is 61.6 Å². The minimum atomic E-state index is -0.279. The number of hydrogen-bond donors (Lipinski definition) is 0. The second-order valence-electron chi connectivity index (χ2n) is 11.6. The molecule has 1 aliphatic rings. The van der Waals surface area contributed by atoms with Gasteiger partial charge in [-0.05, 0) is 18.6 Å². The SMILES string of the molecule is CCCCOCCOCCOCCOCCOCCOCCOCCOCCOCCOCCOCCOCCOCCN1C(=O)c2ccccc2C1=O. The highest BCUT2D eigenvalue weighted by molar-refractivity contribution is 6.21. The monoisotopic (exact) mass is 775 g/mol. The van der Waals surface area contributed by atoms with Gasteiger partial charge in [0.15, 0.2) is 0 Å². The van der Waals surface area contributed by atoms with Gasteiger partial charge in [0.1, 0.15) is 0 Å². The van der Waals surface area contributed by atoms with Crippen LogP contribution >= 0.6 is 0 Å². The van der Waals surface area contributed by atoms with Crippen molar-refractivity contribution in [3.63, 3.8) is 0 Å². The van der Waals surface area contributed by atoms with Gasteiger partial charge in [0.25, 0.3) is 11.8 Å². The van der Waals surface area contributed by atoms with Gasteiger partial charge in [0.2, 0.25) is 0 Å². The number of hydrogen-bond acceptors (Lipinski definition) is 15. The van der Waals surface area contributed by atoms with Gasteiger partial charge in [-0.1, -0.05) is 25.5 Å². The zero-order valence-corrected chi connectivity index (χ0v) is 32.4. The van der Waals surface area contributed by atoms with Crippen molar-refractivity contribution in [2.45, 2.75) is 19.8 Å². The van der Waals surface area contributed by atoms with Crippen molar-refractivity contribution in [2.75, 3.05) is 178 Å². The average molecular weight is 776 g/mol. The summed E-state index contributed by atoms with van der Waals surface area (Å²) in [6, 6.07) is 6.82. The van der Waals surface area contributed by atoms with Gasteiger partial charge in [-0.25, -0.2) is 0 Å². The Morgan fingerprint density at radius 1 is 0.352 bits per heavy atom. The zero-order valence-electron chi connectivity index (χ0n) is 32.4. The topological polar surface area (TPSA) is 157 Å². The first-order valence-electron chi connectivity index (χ1n) is 19.2. The maximum atomic E-state index is 12.3. The Morgan fingerprint density at radius 3 is 0.815 bits per heavy atom. The molecule has 16 heteroatoms. The van der Waals surface area contributed by atoms with E-state index in [1.165, 1.54) is 4.90 Å². The van der Waals surface area contributed by atoms with Crippen molar-refractivity contribution in [1.82, 2.24) is 4.90 Å². The van der Waals surface area contributed by atoms with Crippen LogP contribution < -0.4 is 0 Å². The Balaban J connectivity index is 1.15. The number of amides is 2. The van der Waals surface area contributed by atoms with Gasteiger partial charge in [-0.15, -0.1) is 0 Å². The quantitative estimate of drug-likeness (QED) is 0.0704. The molecule has 0 aromatic heterocycles. The molecule has 0 atom stereocenters. The van der Waals surface area contributed by atoms with Crippen molar-refractivity contribution < 1.29 is 71.2 Å². The van der Waals surface area contributed by atoms with Crippen LogP contribution in [0.3, 0.4) is 0 Å². The fraction of sp³-hybridized carbons (Fsp3) is 0.789. The fourth-order valence-electron chi connectivity index (χ4n) is 4.59. The third-order valence-electron chi connectivity index (χ3n) is 7.44. The van der Waals surface area contributed by atoms with Gasteiger partial charge in [0, 0.05) is 6.61 Å². The summed E-state index contributed by atoms with van der Waals surface area (Å²) in [6.45, 7) is 15.3. The normalized spacial score (nSPS) is 12.7. The van der Waals surface area contributed by atoms with Crippen LogP contribution in [0.25, 0.3) is 0 Å². The van der Waals surface area contributed by atoms with Gasteiger partial charge in [-0.2, -0.15) is 0 Å². The van der Waals surface area contributed by atoms with Crippen LogP contribution in [0.4, 0.5) is 0 Å². The molecule has 0 saturated carbocycles. The van der Waals surface area contributed by atoms with E-state index in [1.54, 1.807) is 24.3 Å². The maximum Gasteiger partial charge on any atom is 0.261 e. The summed E-state index contributed by atoms with van der Waals surface area (Å²) >= 11 is 0. The zero-order chi connectivity index (χ0) is 38.4. The highest BCUT2D eigenvalue weighted by Gasteiger charge is 2.34. The Kier molecular flexibility index (Phi) is 32.4. The van der Waals surface area contributed by atoms with E-state index in [1.807, 2.05) is 0 Å². The number of carbonyl (C=O) groups is 2. The molecule has 0 unspecified atom stereocenters. The summed E-state index contributed by atoms with van der Waals surface area (Å²) in [4.78, 5) is 25.8. The Morgan fingerprint density at radius 2 is 0.574 bits per heavy atom. The summed E-state index contributed by atoms with van der Waals surface area (Å²) in [5.41, 5.74) is 0.882. The lowest BCUT2D eigenvalue weighted by Crippen LogP contribution is -2.33. The molecule has 1 aliphatic heterocycles. The first kappa shape index (κ1) is 48.0. The molecular formula is C38H65NO15. The van der Waals surface area contributed by atoms with Crippen LogP contribution in [-0.4, -0.2) is 195 Å². The van der Waals surface area contributed by atoms with E-state index in [9.17, 15) is 9.59 Å². The van der Waals surface area contributed by atoms with E-state index in [2.05, 4.69) is 6.92 Å². The van der Waals surface area contributed by atoms with Gasteiger partial charge < -0.3 is 61.6 Å². The van der Waals surface area contributed by atoms with Crippen molar-refractivity contribution in [3.8, 4) is 0 Å². The molecule has 1 aromatic rings. The molecule has 0 spiro atoms. The number of rotatable bonds is 42. The van der Waals surface area contributed by atoms with Crippen LogP contribution in [0, 0.1) is 0 Å². The number of nitrogens with zero attached hydrogens (tertiary/aromatic N) is 1. The lowest BCUT2D eigenvalue weighted by Gasteiger charge is -2.13. The summed E-state index contributed by atoms with van der Waals surface area (Å²) in [5, 5.41) is 0. The molecule has 0 N–H and O–H groups in total. The Labute approximate surface area is 321 Å². The van der Waals surface area contributed by atoms with Crippen LogP contribution in [0.5, 0.6) is 0 Å². The summed E-state index contributed by atoms with van der Waals surface area (Å²) in [5.74, 6) is -0.557. The third kappa shape index (κ3) is 25.8.